The van der Waals surface area contributed by atoms with E-state index in [9.17, 15) is 4.79 Å². The predicted octanol–water partition coefficient (Wildman–Crippen LogP) is 2.37. The molecule has 1 aromatic heterocycles. The molecule has 0 aliphatic heterocycles. The van der Waals surface area contributed by atoms with Crippen LogP contribution in [0.4, 0.5) is 0 Å². The van der Waals surface area contributed by atoms with Crippen molar-refractivity contribution in [3.8, 4) is 0 Å². The van der Waals surface area contributed by atoms with Crippen LogP contribution < -0.4 is 0 Å². The summed E-state index contributed by atoms with van der Waals surface area (Å²) in [4.78, 5) is 16.3. The number of methoxy groups -OCH3 is 1. The van der Waals surface area contributed by atoms with Gasteiger partial charge < -0.3 is 4.74 Å². The summed E-state index contributed by atoms with van der Waals surface area (Å²) in [5.41, 5.74) is 0. The van der Waals surface area contributed by atoms with Gasteiger partial charge in [0.2, 0.25) is 0 Å². The fourth-order valence-electron chi connectivity index (χ4n) is 1.03. The summed E-state index contributed by atoms with van der Waals surface area (Å²) < 4.78 is 4.57. The first-order valence-corrected chi connectivity index (χ1v) is 5.46. The highest BCUT2D eigenvalue weighted by atomic mass is 32.1. The fourth-order valence-corrected chi connectivity index (χ4v) is 1.95. The number of nitrogens with zero attached hydrogens (tertiary/aromatic N) is 1. The van der Waals surface area contributed by atoms with Gasteiger partial charge in [0.05, 0.1) is 18.5 Å². The van der Waals surface area contributed by atoms with Gasteiger partial charge in [-0.25, -0.2) is 4.98 Å². The van der Waals surface area contributed by atoms with Gasteiger partial charge in [-0.1, -0.05) is 13.8 Å². The van der Waals surface area contributed by atoms with E-state index in [1.165, 1.54) is 7.11 Å². The smallest absolute Gasteiger partial charge is 0.305 e. The highest BCUT2D eigenvalue weighted by molar-refractivity contribution is 7.11. The molecule has 0 saturated heterocycles. The second kappa shape index (κ2) is 5.10. The summed E-state index contributed by atoms with van der Waals surface area (Å²) >= 11 is 1.67. The van der Waals surface area contributed by atoms with Crippen molar-refractivity contribution >= 4 is 17.3 Å². The summed E-state index contributed by atoms with van der Waals surface area (Å²) in [5, 5.41) is 1.13. The average molecular weight is 213 g/mol. The monoisotopic (exact) mass is 213 g/mol. The van der Waals surface area contributed by atoms with Crippen LogP contribution in [0.15, 0.2) is 6.20 Å². The van der Waals surface area contributed by atoms with Gasteiger partial charge in [0.25, 0.3) is 0 Å². The highest BCUT2D eigenvalue weighted by Crippen LogP contribution is 2.21. The first-order chi connectivity index (χ1) is 6.63. The number of esters is 1. The summed E-state index contributed by atoms with van der Waals surface area (Å²) in [6.45, 7) is 4.23. The third-order valence-electron chi connectivity index (χ3n) is 1.87. The van der Waals surface area contributed by atoms with E-state index in [2.05, 4.69) is 23.6 Å². The van der Waals surface area contributed by atoms with Crippen molar-refractivity contribution < 1.29 is 9.53 Å². The molecule has 0 atom stereocenters. The molecule has 0 spiro atoms. The van der Waals surface area contributed by atoms with Crippen LogP contribution in [0.25, 0.3) is 0 Å². The minimum Gasteiger partial charge on any atom is -0.469 e. The second-order valence-corrected chi connectivity index (χ2v) is 4.54. The van der Waals surface area contributed by atoms with Crippen molar-refractivity contribution in [2.75, 3.05) is 7.11 Å². The van der Waals surface area contributed by atoms with Crippen LogP contribution in [0.1, 0.15) is 36.1 Å². The van der Waals surface area contributed by atoms with Crippen molar-refractivity contribution in [3.05, 3.63) is 16.1 Å². The zero-order valence-corrected chi connectivity index (χ0v) is 9.56. The van der Waals surface area contributed by atoms with Gasteiger partial charge >= 0.3 is 5.97 Å². The molecule has 0 bridgehead atoms. The van der Waals surface area contributed by atoms with Crippen LogP contribution in [0.2, 0.25) is 0 Å². The molecule has 1 aromatic rings. The van der Waals surface area contributed by atoms with Crippen LogP contribution in [0.3, 0.4) is 0 Å². The third-order valence-corrected chi connectivity index (χ3v) is 3.23. The van der Waals surface area contributed by atoms with E-state index in [4.69, 9.17) is 0 Å². The highest BCUT2D eigenvalue weighted by Gasteiger charge is 2.07. The zero-order chi connectivity index (χ0) is 10.6. The lowest BCUT2D eigenvalue weighted by Gasteiger charge is -1.97. The number of aryl methyl sites for hydroxylation is 1. The Morgan fingerprint density at radius 2 is 2.36 bits per heavy atom. The number of carbonyl (C=O) groups is 1. The summed E-state index contributed by atoms with van der Waals surface area (Å²) in [6.07, 6.45) is 3.02. The van der Waals surface area contributed by atoms with E-state index in [0.29, 0.717) is 12.3 Å². The molecular weight excluding hydrogens is 198 g/mol. The van der Waals surface area contributed by atoms with E-state index in [1.54, 1.807) is 11.3 Å². The fraction of sp³-hybridized carbons (Fsp3) is 0.600. The Morgan fingerprint density at radius 1 is 1.64 bits per heavy atom. The Morgan fingerprint density at radius 3 is 2.86 bits per heavy atom. The lowest BCUT2D eigenvalue weighted by Crippen LogP contribution is -2.00. The quantitative estimate of drug-likeness (QED) is 0.721. The SMILES string of the molecule is COC(=O)CCc1cnc(C(C)C)s1. The molecule has 1 heterocycles. The molecule has 0 amide bonds. The van der Waals surface area contributed by atoms with Gasteiger partial charge in [0, 0.05) is 17.0 Å². The maximum atomic E-state index is 10.9. The van der Waals surface area contributed by atoms with Gasteiger partial charge in [-0.05, 0) is 6.42 Å². The number of thiazole rings is 1. The van der Waals surface area contributed by atoms with Crippen LogP contribution in [0, 0.1) is 0 Å². The summed E-state index contributed by atoms with van der Waals surface area (Å²) in [7, 11) is 1.41. The van der Waals surface area contributed by atoms with E-state index in [0.717, 1.165) is 16.3 Å². The van der Waals surface area contributed by atoms with E-state index < -0.39 is 0 Å². The molecule has 3 nitrogen and oxygen atoms in total. The molecule has 0 aromatic carbocycles. The van der Waals surface area contributed by atoms with Crippen molar-refractivity contribution in [1.29, 1.82) is 0 Å². The molecule has 0 N–H and O–H groups in total. The predicted molar refractivity (Wildman–Crippen MR) is 56.5 cm³/mol. The molecule has 4 heteroatoms. The van der Waals surface area contributed by atoms with Gasteiger partial charge in [0.1, 0.15) is 0 Å². The molecule has 14 heavy (non-hydrogen) atoms. The van der Waals surface area contributed by atoms with Gasteiger partial charge in [-0.15, -0.1) is 11.3 Å². The summed E-state index contributed by atoms with van der Waals surface area (Å²) in [5.74, 6) is 0.302. The Labute approximate surface area is 88.1 Å². The number of hydrogen-bond donors (Lipinski definition) is 0. The molecular formula is C10H15NO2S. The molecule has 0 aliphatic rings. The summed E-state index contributed by atoms with van der Waals surface area (Å²) in [6, 6.07) is 0. The van der Waals surface area contributed by atoms with Crippen molar-refractivity contribution in [2.45, 2.75) is 32.6 Å². The van der Waals surface area contributed by atoms with Gasteiger partial charge in [-0.3, -0.25) is 4.79 Å². The number of ether oxygens (including phenoxy) is 1. The number of rotatable bonds is 4. The van der Waals surface area contributed by atoms with Crippen molar-refractivity contribution in [1.82, 2.24) is 4.98 Å². The minimum atomic E-state index is -0.163. The number of hydrogen-bond acceptors (Lipinski definition) is 4. The standard InChI is InChI=1S/C10H15NO2S/c1-7(2)10-11-6-8(14-10)4-5-9(12)13-3/h6-7H,4-5H2,1-3H3. The van der Waals surface area contributed by atoms with Crippen LogP contribution in [-0.4, -0.2) is 18.1 Å². The van der Waals surface area contributed by atoms with Gasteiger partial charge in [-0.2, -0.15) is 0 Å². The van der Waals surface area contributed by atoms with Crippen molar-refractivity contribution in [2.24, 2.45) is 0 Å². The van der Waals surface area contributed by atoms with E-state index in [1.807, 2.05) is 6.20 Å². The van der Waals surface area contributed by atoms with Gasteiger partial charge in [0.15, 0.2) is 0 Å². The normalized spacial score (nSPS) is 10.6. The van der Waals surface area contributed by atoms with Crippen LogP contribution in [0.5, 0.6) is 0 Å². The minimum absolute atomic E-state index is 0.163. The Kier molecular flexibility index (Phi) is 4.07. The second-order valence-electron chi connectivity index (χ2n) is 3.40. The Balaban J connectivity index is 2.48. The number of aromatic nitrogens is 1. The van der Waals surface area contributed by atoms with E-state index in [-0.39, 0.29) is 5.97 Å². The van der Waals surface area contributed by atoms with Crippen LogP contribution in [-0.2, 0) is 16.0 Å². The first kappa shape index (κ1) is 11.2. The molecule has 0 fully saturated rings. The Hall–Kier alpha value is -0.900. The van der Waals surface area contributed by atoms with Crippen molar-refractivity contribution in [3.63, 3.8) is 0 Å². The zero-order valence-electron chi connectivity index (χ0n) is 8.74. The first-order valence-electron chi connectivity index (χ1n) is 4.65. The molecule has 0 saturated carbocycles. The lowest BCUT2D eigenvalue weighted by molar-refractivity contribution is -0.140. The molecule has 0 radical (unpaired) electrons. The Bertz CT molecular complexity index is 307. The average Bonchev–Trinajstić information content (AvgIpc) is 2.62. The molecule has 0 unspecified atom stereocenters. The molecule has 0 aliphatic carbocycles. The molecule has 1 rings (SSSR count). The van der Waals surface area contributed by atoms with Crippen LogP contribution >= 0.6 is 11.3 Å². The number of carbonyl (C=O) groups excluding carboxylic acids is 1. The third kappa shape index (κ3) is 3.10. The molecule has 78 valence electrons. The lowest BCUT2D eigenvalue weighted by atomic mass is 10.2. The topological polar surface area (TPSA) is 39.2 Å². The largest absolute Gasteiger partial charge is 0.469 e. The maximum absolute atomic E-state index is 10.9. The van der Waals surface area contributed by atoms with E-state index >= 15 is 0 Å². The maximum Gasteiger partial charge on any atom is 0.305 e.